The average molecular weight is 422 g/mol. The Hall–Kier alpha value is -1.91. The zero-order chi connectivity index (χ0) is 20.2. The first-order valence-electron chi connectivity index (χ1n) is 10.6. The maximum atomic E-state index is 13.1. The first kappa shape index (κ1) is 20.4. The number of thioether (sulfide) groups is 1. The number of rotatable bonds is 3. The molecule has 0 aromatic heterocycles. The fraction of sp³-hybridized carbons (Fsp3) is 0.360. The lowest BCUT2D eigenvalue weighted by atomic mass is 9.96. The topological polar surface area (TPSA) is 20.3 Å². The van der Waals surface area contributed by atoms with Crippen molar-refractivity contribution in [3.63, 3.8) is 0 Å². The predicted octanol–water partition coefficient (Wildman–Crippen LogP) is 6.98. The predicted molar refractivity (Wildman–Crippen MR) is 128 cm³/mol. The monoisotopic (exact) mass is 421 g/mol. The van der Waals surface area contributed by atoms with E-state index in [-0.39, 0.29) is 11.9 Å². The largest absolute Gasteiger partial charge is 0.290 e. The third-order valence-corrected chi connectivity index (χ3v) is 7.19. The molecule has 1 amide bonds. The highest BCUT2D eigenvalue weighted by Crippen LogP contribution is 2.37. The minimum atomic E-state index is 0.0909. The van der Waals surface area contributed by atoms with Crippen LogP contribution in [0.25, 0.3) is 17.2 Å². The zero-order valence-electron chi connectivity index (χ0n) is 16.9. The number of hydrogen-bond donors (Lipinski definition) is 0. The first-order valence-corrected chi connectivity index (χ1v) is 11.8. The fourth-order valence-electron chi connectivity index (χ4n) is 4.16. The molecule has 2 aromatic carbocycles. The smallest absolute Gasteiger partial charge is 0.266 e. The molecule has 0 atom stereocenters. The summed E-state index contributed by atoms with van der Waals surface area (Å²) in [5, 5.41) is 0. The van der Waals surface area contributed by atoms with Crippen LogP contribution in [0, 0.1) is 6.92 Å². The van der Waals surface area contributed by atoms with E-state index in [1.807, 2.05) is 11.0 Å². The molecule has 1 aliphatic carbocycles. The van der Waals surface area contributed by atoms with E-state index in [1.165, 1.54) is 60.6 Å². The van der Waals surface area contributed by atoms with E-state index in [2.05, 4.69) is 55.5 Å². The SMILES string of the molecule is Cc1ccc(-c2ccc(/C=C3\SC(=S)N(C4CCCCCCC4)C3=O)cc2)cc1. The van der Waals surface area contributed by atoms with E-state index in [9.17, 15) is 4.79 Å². The van der Waals surface area contributed by atoms with E-state index >= 15 is 0 Å². The number of amides is 1. The minimum absolute atomic E-state index is 0.0909. The molecule has 2 nitrogen and oxygen atoms in total. The summed E-state index contributed by atoms with van der Waals surface area (Å²) in [6.07, 6.45) is 10.4. The molecule has 2 aromatic rings. The van der Waals surface area contributed by atoms with Crippen LogP contribution in [0.4, 0.5) is 0 Å². The Labute approximate surface area is 183 Å². The van der Waals surface area contributed by atoms with Crippen molar-refractivity contribution in [2.24, 2.45) is 0 Å². The van der Waals surface area contributed by atoms with Gasteiger partial charge in [0.05, 0.1) is 4.91 Å². The summed E-state index contributed by atoms with van der Waals surface area (Å²) >= 11 is 7.05. The average Bonchev–Trinajstić information content (AvgIpc) is 2.97. The molecule has 0 unspecified atom stereocenters. The highest BCUT2D eigenvalue weighted by Gasteiger charge is 2.36. The van der Waals surface area contributed by atoms with Crippen LogP contribution >= 0.6 is 24.0 Å². The lowest BCUT2D eigenvalue weighted by molar-refractivity contribution is -0.123. The maximum absolute atomic E-state index is 13.1. The number of benzene rings is 2. The number of carbonyl (C=O) groups excluding carboxylic acids is 1. The van der Waals surface area contributed by atoms with Gasteiger partial charge in [0.2, 0.25) is 0 Å². The minimum Gasteiger partial charge on any atom is -0.290 e. The van der Waals surface area contributed by atoms with Crippen LogP contribution in [-0.4, -0.2) is 21.2 Å². The highest BCUT2D eigenvalue weighted by molar-refractivity contribution is 8.26. The molecule has 0 radical (unpaired) electrons. The second-order valence-electron chi connectivity index (χ2n) is 8.04. The molecule has 4 heteroatoms. The van der Waals surface area contributed by atoms with E-state index in [0.29, 0.717) is 0 Å². The Balaban J connectivity index is 1.50. The van der Waals surface area contributed by atoms with Crippen LogP contribution in [-0.2, 0) is 4.79 Å². The third-order valence-electron chi connectivity index (χ3n) is 5.86. The Morgan fingerprint density at radius 2 is 1.45 bits per heavy atom. The molecule has 1 saturated carbocycles. The van der Waals surface area contributed by atoms with Gasteiger partial charge in [0, 0.05) is 6.04 Å². The molecule has 2 aliphatic rings. The van der Waals surface area contributed by atoms with E-state index in [1.54, 1.807) is 0 Å². The van der Waals surface area contributed by atoms with E-state index in [0.717, 1.165) is 27.6 Å². The molecular weight excluding hydrogens is 394 g/mol. The number of nitrogens with zero attached hydrogens (tertiary/aromatic N) is 1. The molecule has 150 valence electrons. The van der Waals surface area contributed by atoms with Crippen molar-refractivity contribution in [3.05, 3.63) is 64.6 Å². The van der Waals surface area contributed by atoms with Crippen LogP contribution in [0.15, 0.2) is 53.4 Å². The van der Waals surface area contributed by atoms with Crippen molar-refractivity contribution in [2.75, 3.05) is 0 Å². The number of carbonyl (C=O) groups is 1. The first-order chi connectivity index (χ1) is 14.1. The van der Waals surface area contributed by atoms with Crippen molar-refractivity contribution in [1.82, 2.24) is 4.90 Å². The second-order valence-corrected chi connectivity index (χ2v) is 9.71. The van der Waals surface area contributed by atoms with Gasteiger partial charge >= 0.3 is 0 Å². The van der Waals surface area contributed by atoms with Gasteiger partial charge in [-0.1, -0.05) is 110 Å². The second kappa shape index (κ2) is 9.27. The number of aryl methyl sites for hydroxylation is 1. The van der Waals surface area contributed by atoms with Gasteiger partial charge in [-0.2, -0.15) is 0 Å². The molecule has 0 N–H and O–H groups in total. The molecule has 2 fully saturated rings. The van der Waals surface area contributed by atoms with Gasteiger partial charge in [-0.15, -0.1) is 0 Å². The Kier molecular flexibility index (Phi) is 6.51. The van der Waals surface area contributed by atoms with Crippen molar-refractivity contribution in [3.8, 4) is 11.1 Å². The van der Waals surface area contributed by atoms with Crippen LogP contribution in [0.3, 0.4) is 0 Å². The zero-order valence-corrected chi connectivity index (χ0v) is 18.5. The van der Waals surface area contributed by atoms with Gasteiger partial charge in [0.15, 0.2) is 0 Å². The standard InChI is InChI=1S/C25H27NOS2/c1-18-9-13-20(14-10-18)21-15-11-19(12-16-21)17-23-24(27)26(25(28)29-23)22-7-5-3-2-4-6-8-22/h9-17,22H,2-8H2,1H3/b23-17-. The summed E-state index contributed by atoms with van der Waals surface area (Å²) < 4.78 is 0.725. The van der Waals surface area contributed by atoms with Gasteiger partial charge in [-0.3, -0.25) is 9.69 Å². The van der Waals surface area contributed by atoms with Gasteiger partial charge < -0.3 is 0 Å². The van der Waals surface area contributed by atoms with Crippen LogP contribution in [0.5, 0.6) is 0 Å². The molecule has 1 heterocycles. The highest BCUT2D eigenvalue weighted by atomic mass is 32.2. The van der Waals surface area contributed by atoms with Crippen molar-refractivity contribution < 1.29 is 4.79 Å². The Morgan fingerprint density at radius 1 is 0.897 bits per heavy atom. The lowest BCUT2D eigenvalue weighted by Gasteiger charge is -2.28. The number of hydrogen-bond acceptors (Lipinski definition) is 3. The van der Waals surface area contributed by atoms with Gasteiger partial charge in [0.1, 0.15) is 4.32 Å². The van der Waals surface area contributed by atoms with Gasteiger partial charge in [-0.05, 0) is 42.5 Å². The van der Waals surface area contributed by atoms with Gasteiger partial charge in [0.25, 0.3) is 5.91 Å². The van der Waals surface area contributed by atoms with Crippen molar-refractivity contribution >= 4 is 40.3 Å². The summed E-state index contributed by atoms with van der Waals surface area (Å²) in [4.78, 5) is 15.7. The van der Waals surface area contributed by atoms with E-state index in [4.69, 9.17) is 12.2 Å². The quantitative estimate of drug-likeness (QED) is 0.394. The molecule has 0 spiro atoms. The van der Waals surface area contributed by atoms with Crippen molar-refractivity contribution in [2.45, 2.75) is 57.9 Å². The summed E-state index contributed by atoms with van der Waals surface area (Å²) in [5.41, 5.74) is 4.69. The molecule has 29 heavy (non-hydrogen) atoms. The van der Waals surface area contributed by atoms with Gasteiger partial charge in [-0.25, -0.2) is 0 Å². The van der Waals surface area contributed by atoms with Crippen LogP contribution in [0.2, 0.25) is 0 Å². The summed E-state index contributed by atoms with van der Waals surface area (Å²) in [5.74, 6) is 0.0909. The van der Waals surface area contributed by atoms with Crippen LogP contribution < -0.4 is 0 Å². The molecule has 0 bridgehead atoms. The lowest BCUT2D eigenvalue weighted by Crippen LogP contribution is -2.39. The van der Waals surface area contributed by atoms with Crippen molar-refractivity contribution in [1.29, 1.82) is 0 Å². The Bertz CT molecular complexity index is 907. The van der Waals surface area contributed by atoms with Crippen LogP contribution in [0.1, 0.15) is 56.1 Å². The molecule has 1 saturated heterocycles. The number of thiocarbonyl (C=S) groups is 1. The van der Waals surface area contributed by atoms with E-state index < -0.39 is 0 Å². The molecule has 4 rings (SSSR count). The summed E-state index contributed by atoms with van der Waals surface area (Å²) in [6.45, 7) is 2.10. The summed E-state index contributed by atoms with van der Waals surface area (Å²) in [6, 6.07) is 17.2. The normalized spacial score (nSPS) is 20.2. The Morgan fingerprint density at radius 3 is 2.07 bits per heavy atom. The summed E-state index contributed by atoms with van der Waals surface area (Å²) in [7, 11) is 0. The third kappa shape index (κ3) is 4.81. The molecule has 1 aliphatic heterocycles. The fourth-order valence-corrected chi connectivity index (χ4v) is 5.56. The maximum Gasteiger partial charge on any atom is 0.266 e. The molecular formula is C25H27NOS2.